The monoisotopic (exact) mass is 237 g/mol. The number of ether oxygens (including phenoxy) is 1. The fourth-order valence-electron chi connectivity index (χ4n) is 2.24. The average Bonchev–Trinajstić information content (AvgIpc) is 2.76. The summed E-state index contributed by atoms with van der Waals surface area (Å²) in [5.41, 5.74) is 1.08. The molecule has 0 aromatic carbocycles. The van der Waals surface area contributed by atoms with Crippen LogP contribution in [-0.2, 0) is 16.6 Å². The highest BCUT2D eigenvalue weighted by molar-refractivity contribution is 5.73. The maximum atomic E-state index is 11.7. The van der Waals surface area contributed by atoms with Gasteiger partial charge < -0.3 is 9.64 Å². The molecule has 0 radical (unpaired) electrons. The van der Waals surface area contributed by atoms with Gasteiger partial charge >= 0.3 is 5.97 Å². The highest BCUT2D eigenvalue weighted by atomic mass is 16.5. The van der Waals surface area contributed by atoms with E-state index < -0.39 is 0 Å². The minimum atomic E-state index is -0.0684. The first-order valence-corrected chi connectivity index (χ1v) is 6.11. The van der Waals surface area contributed by atoms with E-state index in [0.29, 0.717) is 6.61 Å². The van der Waals surface area contributed by atoms with E-state index in [2.05, 4.69) is 10.00 Å². The van der Waals surface area contributed by atoms with E-state index in [1.807, 2.05) is 26.4 Å². The molecule has 17 heavy (non-hydrogen) atoms. The average molecular weight is 237 g/mol. The van der Waals surface area contributed by atoms with Crippen LogP contribution < -0.4 is 4.90 Å². The van der Waals surface area contributed by atoms with Gasteiger partial charge in [0.1, 0.15) is 0 Å². The maximum absolute atomic E-state index is 11.7. The zero-order valence-electron chi connectivity index (χ0n) is 10.4. The third-order valence-corrected chi connectivity index (χ3v) is 3.10. The van der Waals surface area contributed by atoms with Crippen LogP contribution in [0.3, 0.4) is 0 Å². The van der Waals surface area contributed by atoms with Crippen molar-refractivity contribution >= 4 is 11.7 Å². The normalized spacial score (nSPS) is 20.4. The summed E-state index contributed by atoms with van der Waals surface area (Å²) in [6.07, 6.45) is 5.77. The van der Waals surface area contributed by atoms with Crippen LogP contribution in [0.4, 0.5) is 5.69 Å². The summed E-state index contributed by atoms with van der Waals surface area (Å²) in [4.78, 5) is 13.9. The first kappa shape index (κ1) is 12.0. The Bertz CT molecular complexity index is 389. The van der Waals surface area contributed by atoms with Crippen molar-refractivity contribution in [1.29, 1.82) is 0 Å². The molecule has 2 heterocycles. The number of hydrogen-bond acceptors (Lipinski definition) is 4. The number of aryl methyl sites for hydroxylation is 1. The number of nitrogens with zero attached hydrogens (tertiary/aromatic N) is 3. The van der Waals surface area contributed by atoms with Crippen molar-refractivity contribution in [2.75, 3.05) is 24.6 Å². The Balaban J connectivity index is 1.99. The van der Waals surface area contributed by atoms with Gasteiger partial charge in [0, 0.05) is 26.3 Å². The maximum Gasteiger partial charge on any atom is 0.310 e. The van der Waals surface area contributed by atoms with Crippen molar-refractivity contribution in [3.63, 3.8) is 0 Å². The highest BCUT2D eigenvalue weighted by Crippen LogP contribution is 2.23. The van der Waals surface area contributed by atoms with Gasteiger partial charge in [-0.3, -0.25) is 9.48 Å². The Hall–Kier alpha value is -1.52. The molecule has 1 atom stereocenters. The van der Waals surface area contributed by atoms with Crippen LogP contribution in [0.5, 0.6) is 0 Å². The number of piperidine rings is 1. The van der Waals surface area contributed by atoms with E-state index in [9.17, 15) is 4.79 Å². The van der Waals surface area contributed by atoms with Crippen molar-refractivity contribution in [2.24, 2.45) is 13.0 Å². The molecule has 1 aromatic heterocycles. The largest absolute Gasteiger partial charge is 0.466 e. The molecule has 1 saturated heterocycles. The summed E-state index contributed by atoms with van der Waals surface area (Å²) in [6, 6.07) is 0. The molecule has 0 aliphatic carbocycles. The zero-order chi connectivity index (χ0) is 12.3. The lowest BCUT2D eigenvalue weighted by Gasteiger charge is -2.32. The van der Waals surface area contributed by atoms with Gasteiger partial charge in [0.2, 0.25) is 0 Å². The molecule has 94 valence electrons. The Labute approximate surface area is 101 Å². The summed E-state index contributed by atoms with van der Waals surface area (Å²) in [5, 5.41) is 4.16. The van der Waals surface area contributed by atoms with E-state index in [4.69, 9.17) is 4.74 Å². The van der Waals surface area contributed by atoms with Crippen molar-refractivity contribution < 1.29 is 9.53 Å². The summed E-state index contributed by atoms with van der Waals surface area (Å²) in [5.74, 6) is -0.0648. The quantitative estimate of drug-likeness (QED) is 0.741. The Kier molecular flexibility index (Phi) is 3.66. The number of anilines is 1. The molecule has 0 saturated carbocycles. The summed E-state index contributed by atoms with van der Waals surface area (Å²) < 4.78 is 6.87. The molecule has 1 aliphatic heterocycles. The number of carbonyl (C=O) groups is 1. The van der Waals surface area contributed by atoms with Crippen molar-refractivity contribution in [2.45, 2.75) is 19.8 Å². The van der Waals surface area contributed by atoms with E-state index >= 15 is 0 Å². The van der Waals surface area contributed by atoms with Gasteiger partial charge in [0.15, 0.2) is 0 Å². The van der Waals surface area contributed by atoms with Crippen molar-refractivity contribution in [3.05, 3.63) is 12.4 Å². The van der Waals surface area contributed by atoms with Crippen LogP contribution in [0.1, 0.15) is 19.8 Å². The molecule has 1 aromatic rings. The predicted octanol–water partition coefficient (Wildman–Crippen LogP) is 1.20. The van der Waals surface area contributed by atoms with Gasteiger partial charge in [0.25, 0.3) is 0 Å². The zero-order valence-corrected chi connectivity index (χ0v) is 10.4. The lowest BCUT2D eigenvalue weighted by molar-refractivity contribution is -0.148. The van der Waals surface area contributed by atoms with Gasteiger partial charge in [-0.05, 0) is 19.8 Å². The second-order valence-electron chi connectivity index (χ2n) is 4.41. The number of carbonyl (C=O) groups excluding carboxylic acids is 1. The van der Waals surface area contributed by atoms with Crippen LogP contribution in [0.25, 0.3) is 0 Å². The molecular weight excluding hydrogens is 218 g/mol. The van der Waals surface area contributed by atoms with Crippen LogP contribution in [-0.4, -0.2) is 35.4 Å². The standard InChI is InChI=1S/C12H19N3O2/c1-3-17-12(16)10-5-4-6-15(8-10)11-7-13-14(2)9-11/h7,9-10H,3-6,8H2,1-2H3. The molecular formula is C12H19N3O2. The van der Waals surface area contributed by atoms with E-state index in [0.717, 1.165) is 31.6 Å². The second-order valence-corrected chi connectivity index (χ2v) is 4.41. The minimum absolute atomic E-state index is 0.00362. The summed E-state index contributed by atoms with van der Waals surface area (Å²) in [7, 11) is 1.90. The van der Waals surface area contributed by atoms with Crippen LogP contribution in [0.2, 0.25) is 0 Å². The van der Waals surface area contributed by atoms with E-state index in [1.165, 1.54) is 0 Å². The van der Waals surface area contributed by atoms with Gasteiger partial charge in [-0.25, -0.2) is 0 Å². The first-order valence-electron chi connectivity index (χ1n) is 6.11. The molecule has 0 bridgehead atoms. The second kappa shape index (κ2) is 5.21. The molecule has 1 unspecified atom stereocenters. The van der Waals surface area contributed by atoms with Crippen molar-refractivity contribution in [1.82, 2.24) is 9.78 Å². The van der Waals surface area contributed by atoms with E-state index in [-0.39, 0.29) is 11.9 Å². The molecule has 5 nitrogen and oxygen atoms in total. The third-order valence-electron chi connectivity index (χ3n) is 3.10. The molecule has 0 N–H and O–H groups in total. The fraction of sp³-hybridized carbons (Fsp3) is 0.667. The molecule has 1 fully saturated rings. The number of rotatable bonds is 3. The molecule has 2 rings (SSSR count). The number of esters is 1. The smallest absolute Gasteiger partial charge is 0.310 e. The molecule has 0 spiro atoms. The van der Waals surface area contributed by atoms with Crippen LogP contribution in [0, 0.1) is 5.92 Å². The molecule has 5 heteroatoms. The summed E-state index contributed by atoms with van der Waals surface area (Å²) in [6.45, 7) is 4.04. The Morgan fingerprint density at radius 2 is 2.47 bits per heavy atom. The Morgan fingerprint density at radius 3 is 3.12 bits per heavy atom. The highest BCUT2D eigenvalue weighted by Gasteiger charge is 2.27. The lowest BCUT2D eigenvalue weighted by Crippen LogP contribution is -2.39. The Morgan fingerprint density at radius 1 is 1.65 bits per heavy atom. The lowest BCUT2D eigenvalue weighted by atomic mass is 9.98. The van der Waals surface area contributed by atoms with Crippen LogP contribution >= 0.6 is 0 Å². The van der Waals surface area contributed by atoms with Gasteiger partial charge in [-0.1, -0.05) is 0 Å². The van der Waals surface area contributed by atoms with Crippen molar-refractivity contribution in [3.8, 4) is 0 Å². The van der Waals surface area contributed by atoms with Gasteiger partial charge in [-0.2, -0.15) is 5.10 Å². The third kappa shape index (κ3) is 2.78. The minimum Gasteiger partial charge on any atom is -0.466 e. The SMILES string of the molecule is CCOC(=O)C1CCCN(c2cnn(C)c2)C1. The molecule has 1 aliphatic rings. The van der Waals surface area contributed by atoms with Gasteiger partial charge in [-0.15, -0.1) is 0 Å². The first-order chi connectivity index (χ1) is 8.20. The fourth-order valence-corrected chi connectivity index (χ4v) is 2.24. The van der Waals surface area contributed by atoms with Crippen LogP contribution in [0.15, 0.2) is 12.4 Å². The number of hydrogen-bond donors (Lipinski definition) is 0. The predicted molar refractivity (Wildman–Crippen MR) is 64.8 cm³/mol. The topological polar surface area (TPSA) is 47.4 Å². The van der Waals surface area contributed by atoms with Gasteiger partial charge in [0.05, 0.1) is 24.4 Å². The van der Waals surface area contributed by atoms with E-state index in [1.54, 1.807) is 4.68 Å². The molecule has 0 amide bonds. The number of aromatic nitrogens is 2. The summed E-state index contributed by atoms with van der Waals surface area (Å²) >= 11 is 0.